The van der Waals surface area contributed by atoms with Crippen LogP contribution < -0.4 is 20.9 Å². The summed E-state index contributed by atoms with van der Waals surface area (Å²) in [7, 11) is 1.43. The standard InChI is InChI=1S/C12H17F3N2O2/c1-18-11-5-4-8(19-12(13,14)15)7-9(11)10(17)3-2-6-16/h4-5,7,10H,2-3,6,16-17H2,1H3/t10-/m1/s1. The van der Waals surface area contributed by atoms with E-state index in [4.69, 9.17) is 16.2 Å². The van der Waals surface area contributed by atoms with Gasteiger partial charge in [0.25, 0.3) is 0 Å². The van der Waals surface area contributed by atoms with Crippen LogP contribution in [0.5, 0.6) is 11.5 Å². The maximum atomic E-state index is 12.2. The summed E-state index contributed by atoms with van der Waals surface area (Å²) in [4.78, 5) is 0. The zero-order valence-electron chi connectivity index (χ0n) is 10.5. The third-order valence-corrected chi connectivity index (χ3v) is 2.55. The first-order valence-electron chi connectivity index (χ1n) is 5.76. The van der Waals surface area contributed by atoms with Crippen molar-refractivity contribution in [2.75, 3.05) is 13.7 Å². The third kappa shape index (κ3) is 4.96. The number of nitrogens with two attached hydrogens (primary N) is 2. The summed E-state index contributed by atoms with van der Waals surface area (Å²) in [5.41, 5.74) is 11.8. The highest BCUT2D eigenvalue weighted by atomic mass is 19.4. The monoisotopic (exact) mass is 278 g/mol. The number of hydrogen-bond donors (Lipinski definition) is 2. The molecule has 4 nitrogen and oxygen atoms in total. The number of halogens is 3. The van der Waals surface area contributed by atoms with Crippen LogP contribution in [-0.2, 0) is 0 Å². The first-order valence-corrected chi connectivity index (χ1v) is 5.76. The van der Waals surface area contributed by atoms with Gasteiger partial charge < -0.3 is 20.9 Å². The summed E-state index contributed by atoms with van der Waals surface area (Å²) in [5.74, 6) is 0.116. The van der Waals surface area contributed by atoms with Crippen LogP contribution in [0.25, 0.3) is 0 Å². The van der Waals surface area contributed by atoms with Crippen LogP contribution in [0, 0.1) is 0 Å². The Morgan fingerprint density at radius 3 is 2.53 bits per heavy atom. The Morgan fingerprint density at radius 2 is 2.00 bits per heavy atom. The predicted octanol–water partition coefficient (Wildman–Crippen LogP) is 2.33. The second-order valence-electron chi connectivity index (χ2n) is 3.99. The van der Waals surface area contributed by atoms with Crippen molar-refractivity contribution < 1.29 is 22.6 Å². The predicted molar refractivity (Wildman–Crippen MR) is 64.9 cm³/mol. The van der Waals surface area contributed by atoms with Crippen LogP contribution in [-0.4, -0.2) is 20.0 Å². The molecular formula is C12H17F3N2O2. The van der Waals surface area contributed by atoms with Crippen molar-refractivity contribution >= 4 is 0 Å². The molecule has 19 heavy (non-hydrogen) atoms. The lowest BCUT2D eigenvalue weighted by Gasteiger charge is -2.17. The highest BCUT2D eigenvalue weighted by Crippen LogP contribution is 2.32. The van der Waals surface area contributed by atoms with Gasteiger partial charge in [0.05, 0.1) is 7.11 Å². The van der Waals surface area contributed by atoms with Gasteiger partial charge in [-0.15, -0.1) is 13.2 Å². The molecule has 0 aliphatic rings. The minimum atomic E-state index is -4.73. The first-order chi connectivity index (χ1) is 8.87. The van der Waals surface area contributed by atoms with Crippen molar-refractivity contribution in [2.45, 2.75) is 25.2 Å². The summed E-state index contributed by atoms with van der Waals surface area (Å²) in [6.45, 7) is 0.467. The van der Waals surface area contributed by atoms with E-state index < -0.39 is 12.4 Å². The number of alkyl halides is 3. The molecule has 0 amide bonds. The van der Waals surface area contributed by atoms with E-state index in [-0.39, 0.29) is 5.75 Å². The van der Waals surface area contributed by atoms with E-state index in [0.29, 0.717) is 30.7 Å². The molecule has 0 saturated carbocycles. The van der Waals surface area contributed by atoms with E-state index in [0.717, 1.165) is 0 Å². The lowest BCUT2D eigenvalue weighted by molar-refractivity contribution is -0.274. The van der Waals surface area contributed by atoms with Crippen LogP contribution in [0.3, 0.4) is 0 Å². The Bertz CT molecular complexity index is 410. The normalized spacial score (nSPS) is 13.2. The van der Waals surface area contributed by atoms with Gasteiger partial charge in [0.1, 0.15) is 11.5 Å². The average molecular weight is 278 g/mol. The molecule has 108 valence electrons. The SMILES string of the molecule is COc1ccc(OC(F)(F)F)cc1[C@H](N)CCCN. The fraction of sp³-hybridized carbons (Fsp3) is 0.500. The lowest BCUT2D eigenvalue weighted by atomic mass is 10.0. The Kier molecular flexibility index (Phi) is 5.44. The Hall–Kier alpha value is -1.47. The molecule has 0 saturated heterocycles. The van der Waals surface area contributed by atoms with Crippen molar-refractivity contribution in [3.05, 3.63) is 23.8 Å². The third-order valence-electron chi connectivity index (χ3n) is 2.55. The minimum absolute atomic E-state index is 0.313. The van der Waals surface area contributed by atoms with Crippen molar-refractivity contribution in [1.29, 1.82) is 0 Å². The Labute approximate surface area is 109 Å². The van der Waals surface area contributed by atoms with E-state index in [1.54, 1.807) is 0 Å². The van der Waals surface area contributed by atoms with Gasteiger partial charge in [-0.25, -0.2) is 0 Å². The highest BCUT2D eigenvalue weighted by molar-refractivity contribution is 5.42. The van der Waals surface area contributed by atoms with Gasteiger partial charge in [0.2, 0.25) is 0 Å². The van der Waals surface area contributed by atoms with E-state index in [1.807, 2.05) is 0 Å². The van der Waals surface area contributed by atoms with Crippen molar-refractivity contribution in [1.82, 2.24) is 0 Å². The maximum absolute atomic E-state index is 12.2. The zero-order valence-corrected chi connectivity index (χ0v) is 10.5. The second-order valence-corrected chi connectivity index (χ2v) is 3.99. The molecule has 0 bridgehead atoms. The van der Waals surface area contributed by atoms with E-state index in [9.17, 15) is 13.2 Å². The van der Waals surface area contributed by atoms with Crippen LogP contribution >= 0.6 is 0 Å². The topological polar surface area (TPSA) is 70.5 Å². The number of ether oxygens (including phenoxy) is 2. The number of hydrogen-bond acceptors (Lipinski definition) is 4. The molecule has 4 N–H and O–H groups in total. The van der Waals surface area contributed by atoms with Gasteiger partial charge in [0.15, 0.2) is 0 Å². The molecule has 0 aliphatic carbocycles. The van der Waals surface area contributed by atoms with Crippen molar-refractivity contribution in [2.24, 2.45) is 11.5 Å². The van der Waals surface area contributed by atoms with E-state index in [2.05, 4.69) is 4.74 Å². The van der Waals surface area contributed by atoms with Crippen LogP contribution in [0.1, 0.15) is 24.4 Å². The number of methoxy groups -OCH3 is 1. The summed E-state index contributed by atoms with van der Waals surface area (Å²) < 4.78 is 45.4. The van der Waals surface area contributed by atoms with Gasteiger partial charge in [-0.05, 0) is 37.6 Å². The minimum Gasteiger partial charge on any atom is -0.496 e. The maximum Gasteiger partial charge on any atom is 0.573 e. The quantitative estimate of drug-likeness (QED) is 0.838. The van der Waals surface area contributed by atoms with Gasteiger partial charge in [-0.3, -0.25) is 0 Å². The van der Waals surface area contributed by atoms with Crippen LogP contribution in [0.4, 0.5) is 13.2 Å². The summed E-state index contributed by atoms with van der Waals surface area (Å²) in [5, 5.41) is 0. The van der Waals surface area contributed by atoms with Gasteiger partial charge in [-0.2, -0.15) is 0 Å². The summed E-state index contributed by atoms with van der Waals surface area (Å²) in [6.07, 6.45) is -3.50. The molecule has 0 radical (unpaired) electrons. The Morgan fingerprint density at radius 1 is 1.32 bits per heavy atom. The van der Waals surface area contributed by atoms with Crippen LogP contribution in [0.15, 0.2) is 18.2 Å². The van der Waals surface area contributed by atoms with E-state index in [1.165, 1.54) is 25.3 Å². The molecule has 0 fully saturated rings. The van der Waals surface area contributed by atoms with E-state index >= 15 is 0 Å². The molecule has 7 heteroatoms. The summed E-state index contributed by atoms with van der Waals surface area (Å²) in [6, 6.07) is 3.38. The largest absolute Gasteiger partial charge is 0.573 e. The number of rotatable bonds is 6. The van der Waals surface area contributed by atoms with Crippen LogP contribution in [0.2, 0.25) is 0 Å². The van der Waals surface area contributed by atoms with Gasteiger partial charge in [-0.1, -0.05) is 0 Å². The highest BCUT2D eigenvalue weighted by Gasteiger charge is 2.31. The lowest BCUT2D eigenvalue weighted by Crippen LogP contribution is -2.18. The fourth-order valence-corrected chi connectivity index (χ4v) is 1.69. The van der Waals surface area contributed by atoms with Crippen molar-refractivity contribution in [3.8, 4) is 11.5 Å². The molecule has 1 aromatic carbocycles. The molecule has 1 rings (SSSR count). The average Bonchev–Trinajstić information content (AvgIpc) is 2.34. The molecule has 0 spiro atoms. The van der Waals surface area contributed by atoms with Crippen molar-refractivity contribution in [3.63, 3.8) is 0 Å². The van der Waals surface area contributed by atoms with Gasteiger partial charge >= 0.3 is 6.36 Å². The molecule has 1 aromatic rings. The molecular weight excluding hydrogens is 261 g/mol. The number of benzene rings is 1. The first kappa shape index (κ1) is 15.6. The Balaban J connectivity index is 2.95. The molecule has 0 heterocycles. The molecule has 0 aromatic heterocycles. The molecule has 0 unspecified atom stereocenters. The zero-order chi connectivity index (χ0) is 14.5. The fourth-order valence-electron chi connectivity index (χ4n) is 1.69. The summed E-state index contributed by atoms with van der Waals surface area (Å²) >= 11 is 0. The van der Waals surface area contributed by atoms with Gasteiger partial charge in [0, 0.05) is 11.6 Å². The smallest absolute Gasteiger partial charge is 0.496 e. The second kappa shape index (κ2) is 6.63. The molecule has 1 atom stereocenters. The molecule has 0 aliphatic heterocycles.